The first-order valence-electron chi connectivity index (χ1n) is 13.3. The van der Waals surface area contributed by atoms with Crippen LogP contribution in [0.4, 0.5) is 0 Å². The fourth-order valence-electron chi connectivity index (χ4n) is 5.29. The molecule has 1 aromatic carbocycles. The predicted molar refractivity (Wildman–Crippen MR) is 146 cm³/mol. The quantitative estimate of drug-likeness (QED) is 0.374. The maximum absolute atomic E-state index is 14.2. The van der Waals surface area contributed by atoms with Crippen LogP contribution in [-0.2, 0) is 14.3 Å². The minimum atomic E-state index is -1.96. The molecular formula is C31H33NO8. The molecule has 40 heavy (non-hydrogen) atoms. The predicted octanol–water partition coefficient (Wildman–Crippen LogP) is 3.82. The van der Waals surface area contributed by atoms with Gasteiger partial charge in [0, 0.05) is 29.2 Å². The van der Waals surface area contributed by atoms with Gasteiger partial charge < -0.3 is 20.3 Å². The number of aromatic hydroxyl groups is 1. The molecule has 2 heterocycles. The van der Waals surface area contributed by atoms with Crippen LogP contribution in [0.2, 0.25) is 0 Å². The van der Waals surface area contributed by atoms with Gasteiger partial charge in [-0.3, -0.25) is 24.0 Å². The molecule has 1 amide bonds. The fourth-order valence-corrected chi connectivity index (χ4v) is 5.29. The average molecular weight is 548 g/mol. The Labute approximate surface area is 232 Å². The van der Waals surface area contributed by atoms with Crippen molar-refractivity contribution in [2.24, 2.45) is 11.3 Å². The standard InChI is InChI=1S/C31H33NO8/c1-6-17-7-9-19(33)21(13-15(2)3)40-30(39)31(5)12-11-22(35)32-26-25(31)29(38)23-18(28(26)37)14-16(4)27(36)24(23)20(34)10-8-17/h7,9,11-14,17,19,21,33,36H,6,8,10H2,1-5H3,(H,32,35)/b9-7-/t17-,19+,21+,31+/m1/s1. The highest BCUT2D eigenvalue weighted by Gasteiger charge is 2.50. The topological polar surface area (TPSA) is 147 Å². The maximum Gasteiger partial charge on any atom is 0.321 e. The molecule has 0 saturated carbocycles. The molecule has 2 aliphatic heterocycles. The summed E-state index contributed by atoms with van der Waals surface area (Å²) in [7, 11) is 0. The second kappa shape index (κ2) is 10.8. The van der Waals surface area contributed by atoms with Crippen LogP contribution in [0.1, 0.15) is 83.6 Å². The number of Topliss-reactive ketones (excluding diaryl/α,β-unsaturated/α-hetero) is 3. The van der Waals surface area contributed by atoms with Gasteiger partial charge in [-0.25, -0.2) is 0 Å². The molecule has 0 radical (unpaired) electrons. The van der Waals surface area contributed by atoms with E-state index in [0.29, 0.717) is 12.8 Å². The number of aliphatic hydroxyl groups excluding tert-OH is 1. The zero-order valence-corrected chi connectivity index (χ0v) is 23.2. The third-order valence-corrected chi connectivity index (χ3v) is 7.63. The number of cyclic esters (lactones) is 1. The molecule has 0 aromatic heterocycles. The molecule has 210 valence electrons. The molecule has 0 unspecified atom stereocenters. The number of phenols is 1. The first-order valence-corrected chi connectivity index (χ1v) is 13.3. The largest absolute Gasteiger partial charge is 0.507 e. The van der Waals surface area contributed by atoms with Crippen molar-refractivity contribution in [1.29, 1.82) is 0 Å². The lowest BCUT2D eigenvalue weighted by Crippen LogP contribution is -2.42. The van der Waals surface area contributed by atoms with Crippen molar-refractivity contribution >= 4 is 29.2 Å². The number of benzene rings is 1. The van der Waals surface area contributed by atoms with Crippen LogP contribution in [0.3, 0.4) is 0 Å². The SMILES string of the molecule is CC[C@@H]1/C=C\[C@H](O)[C@H](C=C(C)C)OC(=O)[C@@]2(C)C=CC(=O)NC3=C2C(=O)c2c(cc(C)c(O)c2C(=O)CC1)C3=O. The van der Waals surface area contributed by atoms with Crippen molar-refractivity contribution in [1.82, 2.24) is 5.32 Å². The van der Waals surface area contributed by atoms with Crippen molar-refractivity contribution < 1.29 is 38.9 Å². The van der Waals surface area contributed by atoms with E-state index in [2.05, 4.69) is 5.32 Å². The molecule has 2 bridgehead atoms. The second-order valence-corrected chi connectivity index (χ2v) is 10.9. The summed E-state index contributed by atoms with van der Waals surface area (Å²) in [4.78, 5) is 68.0. The Morgan fingerprint density at radius 3 is 2.48 bits per heavy atom. The first-order chi connectivity index (χ1) is 18.8. The molecule has 3 aliphatic rings. The molecule has 1 aromatic rings. The van der Waals surface area contributed by atoms with E-state index in [9.17, 15) is 34.2 Å². The summed E-state index contributed by atoms with van der Waals surface area (Å²) in [6.07, 6.45) is 5.59. The minimum absolute atomic E-state index is 0.0451. The van der Waals surface area contributed by atoms with Crippen LogP contribution < -0.4 is 5.32 Å². The Hall–Kier alpha value is -4.11. The second-order valence-electron chi connectivity index (χ2n) is 10.9. The number of amides is 1. The highest BCUT2D eigenvalue weighted by atomic mass is 16.6. The number of nitrogens with one attached hydrogen (secondary N) is 1. The lowest BCUT2D eigenvalue weighted by Gasteiger charge is -2.32. The van der Waals surface area contributed by atoms with Gasteiger partial charge in [-0.15, -0.1) is 0 Å². The number of aryl methyl sites for hydroxylation is 1. The van der Waals surface area contributed by atoms with Gasteiger partial charge in [0.2, 0.25) is 11.7 Å². The fraction of sp³-hybridized carbons (Fsp3) is 0.387. The third-order valence-electron chi connectivity index (χ3n) is 7.63. The maximum atomic E-state index is 14.2. The number of esters is 1. The molecule has 4 atom stereocenters. The smallest absolute Gasteiger partial charge is 0.321 e. The number of allylic oxidation sites excluding steroid dienone is 3. The van der Waals surface area contributed by atoms with E-state index in [1.807, 2.05) is 6.92 Å². The summed E-state index contributed by atoms with van der Waals surface area (Å²) in [6.45, 7) is 8.30. The van der Waals surface area contributed by atoms with Crippen molar-refractivity contribution in [2.45, 2.75) is 66.1 Å². The number of hydrogen-bond acceptors (Lipinski definition) is 8. The van der Waals surface area contributed by atoms with Gasteiger partial charge in [-0.1, -0.05) is 30.7 Å². The zero-order chi connectivity index (χ0) is 29.5. The molecule has 4 rings (SSSR count). The number of ether oxygens (including phenoxy) is 1. The van der Waals surface area contributed by atoms with Crippen molar-refractivity contribution in [3.8, 4) is 5.75 Å². The van der Waals surface area contributed by atoms with Gasteiger partial charge in [0.15, 0.2) is 11.6 Å². The number of ketones is 3. The molecule has 3 N–H and O–H groups in total. The Bertz CT molecular complexity index is 1460. The minimum Gasteiger partial charge on any atom is -0.507 e. The van der Waals surface area contributed by atoms with Crippen LogP contribution in [0.15, 0.2) is 53.3 Å². The van der Waals surface area contributed by atoms with Gasteiger partial charge >= 0.3 is 5.97 Å². The van der Waals surface area contributed by atoms with E-state index < -0.39 is 58.3 Å². The Morgan fingerprint density at radius 1 is 1.12 bits per heavy atom. The Morgan fingerprint density at radius 2 is 1.82 bits per heavy atom. The van der Waals surface area contributed by atoms with E-state index in [4.69, 9.17) is 4.74 Å². The molecule has 0 fully saturated rings. The van der Waals surface area contributed by atoms with Crippen LogP contribution in [0, 0.1) is 18.3 Å². The summed E-state index contributed by atoms with van der Waals surface area (Å²) in [5.41, 5.74) is -2.50. The van der Waals surface area contributed by atoms with Crippen LogP contribution in [-0.4, -0.2) is 51.6 Å². The molecular weight excluding hydrogens is 514 g/mol. The molecule has 9 nitrogen and oxygen atoms in total. The van der Waals surface area contributed by atoms with Gasteiger partial charge in [-0.2, -0.15) is 0 Å². The van der Waals surface area contributed by atoms with Gasteiger partial charge in [0.1, 0.15) is 23.4 Å². The van der Waals surface area contributed by atoms with Crippen LogP contribution in [0.5, 0.6) is 5.75 Å². The number of carbonyl (C=O) groups excluding carboxylic acids is 5. The summed E-state index contributed by atoms with van der Waals surface area (Å²) in [5, 5.41) is 24.4. The highest BCUT2D eigenvalue weighted by molar-refractivity contribution is 6.32. The van der Waals surface area contributed by atoms with Crippen LogP contribution in [0.25, 0.3) is 0 Å². The highest BCUT2D eigenvalue weighted by Crippen LogP contribution is 2.44. The number of phenolic OH excluding ortho intramolecular Hbond substituents is 1. The van der Waals surface area contributed by atoms with Gasteiger partial charge in [-0.05, 0) is 64.2 Å². The van der Waals surface area contributed by atoms with E-state index in [-0.39, 0.29) is 40.2 Å². The lowest BCUT2D eigenvalue weighted by atomic mass is 9.71. The number of rotatable bonds is 2. The third kappa shape index (κ3) is 4.97. The van der Waals surface area contributed by atoms with E-state index >= 15 is 0 Å². The van der Waals surface area contributed by atoms with Crippen molar-refractivity contribution in [3.05, 3.63) is 75.5 Å². The summed E-state index contributed by atoms with van der Waals surface area (Å²) in [6, 6.07) is 1.30. The van der Waals surface area contributed by atoms with E-state index in [1.165, 1.54) is 32.1 Å². The number of aliphatic hydroxyl groups is 1. The van der Waals surface area contributed by atoms with Crippen LogP contribution >= 0.6 is 0 Å². The van der Waals surface area contributed by atoms with Gasteiger partial charge in [0.25, 0.3) is 0 Å². The normalized spacial score (nSPS) is 27.8. The van der Waals surface area contributed by atoms with Crippen molar-refractivity contribution in [3.63, 3.8) is 0 Å². The number of carbonyl (C=O) groups is 5. The molecule has 9 heteroatoms. The number of hydrogen-bond donors (Lipinski definition) is 3. The summed E-state index contributed by atoms with van der Waals surface area (Å²) >= 11 is 0. The monoisotopic (exact) mass is 547 g/mol. The van der Waals surface area contributed by atoms with E-state index in [0.717, 1.165) is 11.6 Å². The zero-order valence-electron chi connectivity index (χ0n) is 23.2. The summed E-state index contributed by atoms with van der Waals surface area (Å²) in [5.74, 6) is -4.43. The van der Waals surface area contributed by atoms with E-state index in [1.54, 1.807) is 26.0 Å². The summed E-state index contributed by atoms with van der Waals surface area (Å²) < 4.78 is 5.77. The Balaban J connectivity index is 2.03. The van der Waals surface area contributed by atoms with Crippen molar-refractivity contribution in [2.75, 3.05) is 0 Å². The average Bonchev–Trinajstić information content (AvgIpc) is 3.03. The first kappa shape index (κ1) is 28.9. The molecule has 0 spiro atoms. The molecule has 1 aliphatic carbocycles. The lowest BCUT2D eigenvalue weighted by molar-refractivity contribution is -0.157. The van der Waals surface area contributed by atoms with Gasteiger partial charge in [0.05, 0.1) is 11.3 Å². The molecule has 0 saturated heterocycles. The Kier molecular flexibility index (Phi) is 7.81.